The van der Waals surface area contributed by atoms with Crippen molar-refractivity contribution in [2.45, 2.75) is 39.0 Å². The summed E-state index contributed by atoms with van der Waals surface area (Å²) in [6.45, 7) is 2.13. The second-order valence-electron chi connectivity index (χ2n) is 4.01. The average molecular weight is 218 g/mol. The summed E-state index contributed by atoms with van der Waals surface area (Å²) in [5, 5.41) is 8.96. The van der Waals surface area contributed by atoms with E-state index in [-0.39, 0.29) is 11.8 Å². The molecule has 0 bridgehead atoms. The molecule has 3 heteroatoms. The van der Waals surface area contributed by atoms with Gasteiger partial charge in [0.25, 0.3) is 0 Å². The van der Waals surface area contributed by atoms with E-state index in [9.17, 15) is 4.79 Å². The highest BCUT2D eigenvalue weighted by Gasteiger charge is 2.13. The molecule has 3 nitrogen and oxygen atoms in total. The van der Waals surface area contributed by atoms with E-state index in [1.54, 1.807) is 17.0 Å². The van der Waals surface area contributed by atoms with Crippen molar-refractivity contribution in [1.82, 2.24) is 4.57 Å². The van der Waals surface area contributed by atoms with Gasteiger partial charge in [-0.2, -0.15) is 5.26 Å². The van der Waals surface area contributed by atoms with Gasteiger partial charge >= 0.3 is 0 Å². The molecule has 16 heavy (non-hydrogen) atoms. The highest BCUT2D eigenvalue weighted by Crippen LogP contribution is 2.14. The number of nitriles is 1. The molecule has 1 rings (SSSR count). The van der Waals surface area contributed by atoms with E-state index in [1.807, 2.05) is 12.1 Å². The maximum Gasteiger partial charge on any atom is 0.231 e. The van der Waals surface area contributed by atoms with Crippen LogP contribution in [0.4, 0.5) is 0 Å². The zero-order valence-electron chi connectivity index (χ0n) is 9.72. The zero-order valence-corrected chi connectivity index (χ0v) is 9.72. The van der Waals surface area contributed by atoms with Crippen LogP contribution in [0.1, 0.15) is 43.8 Å². The Morgan fingerprint density at radius 2 is 2.06 bits per heavy atom. The second kappa shape index (κ2) is 6.84. The average Bonchev–Trinajstić information content (AvgIpc) is 2.81. The van der Waals surface area contributed by atoms with Crippen molar-refractivity contribution < 1.29 is 4.79 Å². The first kappa shape index (κ1) is 12.5. The molecule has 1 heterocycles. The lowest BCUT2D eigenvalue weighted by molar-refractivity contribution is 0.0887. The summed E-state index contributed by atoms with van der Waals surface area (Å²) in [5.41, 5.74) is 0. The molecule has 0 aliphatic heterocycles. The third-order valence-corrected chi connectivity index (χ3v) is 2.65. The number of hydrogen-bond acceptors (Lipinski definition) is 2. The molecular formula is C13H18N2O. The Morgan fingerprint density at radius 1 is 1.38 bits per heavy atom. The molecule has 0 unspecified atom stereocenters. The van der Waals surface area contributed by atoms with E-state index in [2.05, 4.69) is 13.0 Å². The van der Waals surface area contributed by atoms with Gasteiger partial charge < -0.3 is 0 Å². The fourth-order valence-electron chi connectivity index (χ4n) is 1.67. The first-order valence-electron chi connectivity index (χ1n) is 5.83. The molecule has 0 aliphatic rings. The fraction of sp³-hybridized carbons (Fsp3) is 0.538. The number of carbonyl (C=O) groups is 1. The highest BCUT2D eigenvalue weighted by molar-refractivity contribution is 5.79. The van der Waals surface area contributed by atoms with E-state index in [1.165, 1.54) is 0 Å². The molecule has 0 amide bonds. The largest absolute Gasteiger partial charge is 0.295 e. The van der Waals surface area contributed by atoms with Gasteiger partial charge in [-0.05, 0) is 18.6 Å². The summed E-state index contributed by atoms with van der Waals surface area (Å²) >= 11 is 0. The predicted molar refractivity (Wildman–Crippen MR) is 62.9 cm³/mol. The van der Waals surface area contributed by atoms with Gasteiger partial charge in [0.2, 0.25) is 5.91 Å². The third kappa shape index (κ3) is 3.90. The van der Waals surface area contributed by atoms with Crippen LogP contribution in [0.15, 0.2) is 24.5 Å². The van der Waals surface area contributed by atoms with Crippen LogP contribution in [0, 0.1) is 17.2 Å². The first-order valence-corrected chi connectivity index (χ1v) is 5.83. The molecule has 0 aliphatic carbocycles. The van der Waals surface area contributed by atoms with Crippen LogP contribution in [0.5, 0.6) is 0 Å². The zero-order chi connectivity index (χ0) is 11.8. The van der Waals surface area contributed by atoms with Crippen LogP contribution >= 0.6 is 0 Å². The normalized spacial score (nSPS) is 12.0. The Morgan fingerprint density at radius 3 is 2.62 bits per heavy atom. The predicted octanol–water partition coefficient (Wildman–Crippen LogP) is 3.24. The van der Waals surface area contributed by atoms with Crippen molar-refractivity contribution in [2.75, 3.05) is 0 Å². The molecule has 0 radical (unpaired) electrons. The number of hydrogen-bond donors (Lipinski definition) is 0. The number of carbonyl (C=O) groups excluding carboxylic acids is 1. The summed E-state index contributed by atoms with van der Waals surface area (Å²) < 4.78 is 1.55. The Kier molecular flexibility index (Phi) is 5.35. The highest BCUT2D eigenvalue weighted by atomic mass is 16.1. The van der Waals surface area contributed by atoms with Gasteiger partial charge in [-0.15, -0.1) is 0 Å². The maximum atomic E-state index is 11.7. The van der Waals surface area contributed by atoms with Crippen molar-refractivity contribution >= 4 is 5.91 Å². The molecular weight excluding hydrogens is 200 g/mol. The van der Waals surface area contributed by atoms with E-state index in [0.29, 0.717) is 6.42 Å². The minimum absolute atomic E-state index is 0.00745. The molecule has 1 atom stereocenters. The Bertz CT molecular complexity index is 349. The third-order valence-electron chi connectivity index (χ3n) is 2.65. The van der Waals surface area contributed by atoms with Crippen molar-refractivity contribution in [2.24, 2.45) is 5.92 Å². The number of nitrogens with zero attached hydrogens (tertiary/aromatic N) is 2. The van der Waals surface area contributed by atoms with Crippen LogP contribution in [0.2, 0.25) is 0 Å². The summed E-state index contributed by atoms with van der Waals surface area (Å²) in [5.74, 6) is -0.130. The summed E-state index contributed by atoms with van der Waals surface area (Å²) in [6.07, 6.45) is 7.92. The lowest BCUT2D eigenvalue weighted by atomic mass is 9.99. The molecule has 0 spiro atoms. The van der Waals surface area contributed by atoms with Gasteiger partial charge in [0.05, 0.1) is 12.0 Å². The molecule has 0 aromatic carbocycles. The minimum Gasteiger partial charge on any atom is -0.295 e. The fourth-order valence-corrected chi connectivity index (χ4v) is 1.67. The van der Waals surface area contributed by atoms with Crippen molar-refractivity contribution in [1.29, 1.82) is 5.26 Å². The van der Waals surface area contributed by atoms with Gasteiger partial charge in [-0.1, -0.05) is 26.2 Å². The number of unbranched alkanes of at least 4 members (excludes halogenated alkanes) is 2. The standard InChI is InChI=1S/C13H18N2O/c1-2-3-4-7-12(11-14)10-13(16)15-8-5-6-9-15/h5-6,8-9,12H,2-4,7,10H2,1H3/t12-/m0/s1. The maximum absolute atomic E-state index is 11.7. The van der Waals surface area contributed by atoms with E-state index in [0.717, 1.165) is 25.7 Å². The van der Waals surface area contributed by atoms with E-state index < -0.39 is 0 Å². The SMILES string of the molecule is CCCCC[C@H](C#N)CC(=O)n1cccc1. The molecule has 0 saturated heterocycles. The van der Waals surface area contributed by atoms with Gasteiger partial charge in [-0.25, -0.2) is 0 Å². The van der Waals surface area contributed by atoms with Gasteiger partial charge in [0, 0.05) is 18.8 Å². The quantitative estimate of drug-likeness (QED) is 0.688. The summed E-state index contributed by atoms with van der Waals surface area (Å²) in [4.78, 5) is 11.7. The molecule has 0 saturated carbocycles. The molecule has 0 N–H and O–H groups in total. The topological polar surface area (TPSA) is 45.8 Å². The molecule has 86 valence electrons. The molecule has 1 aromatic rings. The van der Waals surface area contributed by atoms with Crippen molar-refractivity contribution in [3.63, 3.8) is 0 Å². The smallest absolute Gasteiger partial charge is 0.231 e. The van der Waals surface area contributed by atoms with Crippen LogP contribution in [0.25, 0.3) is 0 Å². The number of aromatic nitrogens is 1. The van der Waals surface area contributed by atoms with Crippen LogP contribution in [0.3, 0.4) is 0 Å². The van der Waals surface area contributed by atoms with Crippen molar-refractivity contribution in [3.8, 4) is 6.07 Å². The summed E-state index contributed by atoms with van der Waals surface area (Å²) in [6, 6.07) is 5.85. The van der Waals surface area contributed by atoms with Gasteiger partial charge in [0.15, 0.2) is 0 Å². The van der Waals surface area contributed by atoms with Crippen LogP contribution < -0.4 is 0 Å². The summed E-state index contributed by atoms with van der Waals surface area (Å²) in [7, 11) is 0. The van der Waals surface area contributed by atoms with E-state index >= 15 is 0 Å². The van der Waals surface area contributed by atoms with Crippen LogP contribution in [-0.4, -0.2) is 10.5 Å². The monoisotopic (exact) mass is 218 g/mol. The number of rotatable bonds is 6. The van der Waals surface area contributed by atoms with E-state index in [4.69, 9.17) is 5.26 Å². The Labute approximate surface area is 96.7 Å². The van der Waals surface area contributed by atoms with Crippen LogP contribution in [-0.2, 0) is 0 Å². The van der Waals surface area contributed by atoms with Gasteiger partial charge in [-0.3, -0.25) is 9.36 Å². The van der Waals surface area contributed by atoms with Crippen molar-refractivity contribution in [3.05, 3.63) is 24.5 Å². The minimum atomic E-state index is -0.138. The van der Waals surface area contributed by atoms with Gasteiger partial charge in [0.1, 0.15) is 0 Å². The Hall–Kier alpha value is -1.56. The lowest BCUT2D eigenvalue weighted by Gasteiger charge is -2.08. The second-order valence-corrected chi connectivity index (χ2v) is 4.01. The molecule has 1 aromatic heterocycles. The lowest BCUT2D eigenvalue weighted by Crippen LogP contribution is -2.13. The first-order chi connectivity index (χ1) is 7.77. The Balaban J connectivity index is 2.39. The molecule has 0 fully saturated rings.